The number of rotatable bonds is 6. The summed E-state index contributed by atoms with van der Waals surface area (Å²) in [6, 6.07) is 14.8. The quantitative estimate of drug-likeness (QED) is 0.490. The van der Waals surface area contributed by atoms with Gasteiger partial charge in [-0.15, -0.1) is 0 Å². The molecule has 0 fully saturated rings. The van der Waals surface area contributed by atoms with Gasteiger partial charge in [0.15, 0.2) is 0 Å². The molecule has 0 amide bonds. The van der Waals surface area contributed by atoms with Crippen LogP contribution in [0.25, 0.3) is 11.3 Å². The summed E-state index contributed by atoms with van der Waals surface area (Å²) in [6.45, 7) is 0. The first kappa shape index (κ1) is 20.3. The number of pyridine rings is 1. The predicted octanol–water partition coefficient (Wildman–Crippen LogP) is 3.35. The number of anilines is 2. The Hall–Kier alpha value is -3.46. The van der Waals surface area contributed by atoms with Crippen LogP contribution in [0.15, 0.2) is 60.7 Å². The van der Waals surface area contributed by atoms with Gasteiger partial charge in [-0.05, 0) is 54.6 Å². The number of benzene rings is 2. The lowest BCUT2D eigenvalue weighted by Gasteiger charge is -2.20. The zero-order valence-corrected chi connectivity index (χ0v) is 16.4. The lowest BCUT2D eigenvalue weighted by Crippen LogP contribution is -2.17. The van der Waals surface area contributed by atoms with E-state index in [4.69, 9.17) is 4.74 Å². The zero-order valence-electron chi connectivity index (χ0n) is 15.5. The number of aromatic nitrogens is 1. The van der Waals surface area contributed by atoms with Crippen LogP contribution in [-0.2, 0) is 15.6 Å². The van der Waals surface area contributed by atoms with E-state index in [9.17, 15) is 17.6 Å². The molecule has 0 spiro atoms. The van der Waals surface area contributed by atoms with E-state index in [1.807, 2.05) is 0 Å². The highest BCUT2D eigenvalue weighted by atomic mass is 32.2. The average molecular weight is 416 g/mol. The van der Waals surface area contributed by atoms with Crippen molar-refractivity contribution in [1.29, 1.82) is 0 Å². The van der Waals surface area contributed by atoms with E-state index < -0.39 is 16.9 Å². The maximum absolute atomic E-state index is 13.2. The molecule has 29 heavy (non-hydrogen) atoms. The maximum Gasteiger partial charge on any atom is 0.337 e. The molecule has 0 N–H and O–H groups in total. The number of thiol groups is 1. The van der Waals surface area contributed by atoms with E-state index >= 15 is 0 Å². The van der Waals surface area contributed by atoms with Crippen LogP contribution in [0, 0.1) is 5.82 Å². The van der Waals surface area contributed by atoms with Gasteiger partial charge in [-0.3, -0.25) is 0 Å². The third-order valence-electron chi connectivity index (χ3n) is 4.08. The second-order valence-electron chi connectivity index (χ2n) is 5.82. The van der Waals surface area contributed by atoms with Gasteiger partial charge in [-0.1, -0.05) is 6.07 Å². The van der Waals surface area contributed by atoms with Crippen molar-refractivity contribution < 1.29 is 27.1 Å². The fourth-order valence-corrected chi connectivity index (χ4v) is 3.33. The second kappa shape index (κ2) is 8.70. The van der Waals surface area contributed by atoms with Gasteiger partial charge in [-0.25, -0.2) is 26.9 Å². The van der Waals surface area contributed by atoms with Gasteiger partial charge in [-0.2, -0.15) is 0 Å². The van der Waals surface area contributed by atoms with Gasteiger partial charge >= 0.3 is 5.97 Å². The molecule has 1 heterocycles. The van der Waals surface area contributed by atoms with Crippen molar-refractivity contribution >= 4 is 28.4 Å². The summed E-state index contributed by atoms with van der Waals surface area (Å²) < 4.78 is 48.2. The first-order valence-electron chi connectivity index (χ1n) is 8.38. The summed E-state index contributed by atoms with van der Waals surface area (Å²) in [5.74, 6) is -0.693. The van der Waals surface area contributed by atoms with Crippen LogP contribution < -0.4 is 9.04 Å². The minimum absolute atomic E-state index is 0.118. The number of nitrogens with zero attached hydrogens (tertiary/aromatic N) is 2. The van der Waals surface area contributed by atoms with E-state index in [2.05, 4.69) is 9.72 Å². The average Bonchev–Trinajstić information content (AvgIpc) is 2.74. The molecule has 0 bridgehead atoms. The number of esters is 1. The SMILES string of the molecule is COC(=O)c1ccc(N(c2cccc(-c3ccc(F)cc3)n2)[SH](=O)=O)c(OC)c1. The van der Waals surface area contributed by atoms with E-state index in [1.54, 1.807) is 24.3 Å². The Morgan fingerprint density at radius 3 is 2.38 bits per heavy atom. The smallest absolute Gasteiger partial charge is 0.337 e. The third-order valence-corrected chi connectivity index (χ3v) is 4.83. The fraction of sp³-hybridized carbons (Fsp3) is 0.100. The van der Waals surface area contributed by atoms with E-state index in [0.717, 1.165) is 4.31 Å². The van der Waals surface area contributed by atoms with Crippen LogP contribution >= 0.6 is 0 Å². The Labute approximate surface area is 168 Å². The highest BCUT2D eigenvalue weighted by molar-refractivity contribution is 7.74. The standard InChI is InChI=1S/C20H17FN2O5S/c1-27-18-12-14(20(24)28-2)8-11-17(18)23(29(25)26)19-5-3-4-16(22-19)13-6-9-15(21)10-7-13/h3-12,29H,1-2H3. The molecule has 1 aromatic heterocycles. The Bertz CT molecular complexity index is 1110. The van der Waals surface area contributed by atoms with Gasteiger partial charge < -0.3 is 9.47 Å². The topological polar surface area (TPSA) is 85.8 Å². The van der Waals surface area contributed by atoms with Crippen LogP contribution in [0.5, 0.6) is 5.75 Å². The summed E-state index contributed by atoms with van der Waals surface area (Å²) in [7, 11) is -0.535. The zero-order chi connectivity index (χ0) is 21.0. The Morgan fingerprint density at radius 1 is 1.03 bits per heavy atom. The molecule has 0 saturated heterocycles. The monoisotopic (exact) mass is 416 g/mol. The summed E-state index contributed by atoms with van der Waals surface area (Å²) in [5.41, 5.74) is 1.49. The Morgan fingerprint density at radius 2 is 1.76 bits per heavy atom. The Kier molecular flexibility index (Phi) is 6.08. The lowest BCUT2D eigenvalue weighted by atomic mass is 10.1. The van der Waals surface area contributed by atoms with Crippen molar-refractivity contribution in [2.24, 2.45) is 0 Å². The van der Waals surface area contributed by atoms with E-state index in [1.165, 1.54) is 50.6 Å². The minimum Gasteiger partial charge on any atom is -0.495 e. The molecular formula is C20H17FN2O5S. The van der Waals surface area contributed by atoms with Crippen LogP contribution in [-0.4, -0.2) is 33.6 Å². The highest BCUT2D eigenvalue weighted by Gasteiger charge is 2.20. The first-order valence-corrected chi connectivity index (χ1v) is 9.51. The molecule has 0 unspecified atom stereocenters. The van der Waals surface area contributed by atoms with Crippen LogP contribution in [0.1, 0.15) is 10.4 Å². The van der Waals surface area contributed by atoms with Crippen LogP contribution in [0.2, 0.25) is 0 Å². The largest absolute Gasteiger partial charge is 0.495 e. The number of hydrogen-bond acceptors (Lipinski definition) is 6. The van der Waals surface area contributed by atoms with Crippen molar-refractivity contribution in [3.8, 4) is 17.0 Å². The van der Waals surface area contributed by atoms with Gasteiger partial charge in [0, 0.05) is 5.56 Å². The summed E-state index contributed by atoms with van der Waals surface area (Å²) in [5, 5.41) is 0. The molecule has 2 aromatic carbocycles. The summed E-state index contributed by atoms with van der Waals surface area (Å²) >= 11 is 0. The number of carbonyl (C=O) groups excluding carboxylic acids is 1. The number of hydrogen-bond donors (Lipinski definition) is 1. The second-order valence-corrected chi connectivity index (χ2v) is 6.69. The molecule has 0 aliphatic rings. The van der Waals surface area contributed by atoms with Gasteiger partial charge in [0.2, 0.25) is 10.9 Å². The number of ether oxygens (including phenoxy) is 2. The number of carbonyl (C=O) groups is 1. The molecule has 0 atom stereocenters. The van der Waals surface area contributed by atoms with Crippen molar-refractivity contribution in [1.82, 2.24) is 4.98 Å². The first-order chi connectivity index (χ1) is 13.9. The fourth-order valence-electron chi connectivity index (χ4n) is 2.72. The molecule has 0 aliphatic heterocycles. The van der Waals surface area contributed by atoms with Gasteiger partial charge in [0.1, 0.15) is 23.1 Å². The van der Waals surface area contributed by atoms with Crippen molar-refractivity contribution in [3.05, 3.63) is 72.0 Å². The highest BCUT2D eigenvalue weighted by Crippen LogP contribution is 2.35. The van der Waals surface area contributed by atoms with E-state index in [0.29, 0.717) is 11.3 Å². The van der Waals surface area contributed by atoms with Crippen molar-refractivity contribution in [3.63, 3.8) is 0 Å². The van der Waals surface area contributed by atoms with E-state index in [-0.39, 0.29) is 28.6 Å². The Balaban J connectivity index is 2.09. The molecule has 0 aliphatic carbocycles. The normalized spacial score (nSPS) is 10.6. The molecule has 0 saturated carbocycles. The number of halogens is 1. The summed E-state index contributed by atoms with van der Waals surface area (Å²) in [4.78, 5) is 16.1. The molecule has 3 aromatic rings. The van der Waals surface area contributed by atoms with Crippen LogP contribution in [0.3, 0.4) is 0 Å². The molecule has 150 valence electrons. The van der Waals surface area contributed by atoms with Gasteiger partial charge in [0.25, 0.3) is 0 Å². The lowest BCUT2D eigenvalue weighted by molar-refractivity contribution is 0.0600. The summed E-state index contributed by atoms with van der Waals surface area (Å²) in [6.07, 6.45) is 0. The molecule has 7 nitrogen and oxygen atoms in total. The molecule has 9 heteroatoms. The van der Waals surface area contributed by atoms with Crippen molar-refractivity contribution in [2.75, 3.05) is 18.5 Å². The number of methoxy groups -OCH3 is 2. The predicted molar refractivity (Wildman–Crippen MR) is 106 cm³/mol. The molecule has 0 radical (unpaired) electrons. The van der Waals surface area contributed by atoms with Crippen molar-refractivity contribution in [2.45, 2.75) is 0 Å². The van der Waals surface area contributed by atoms with Gasteiger partial charge in [0.05, 0.1) is 25.5 Å². The van der Waals surface area contributed by atoms with Crippen LogP contribution in [0.4, 0.5) is 15.9 Å². The maximum atomic E-state index is 13.2. The minimum atomic E-state index is -3.14. The molecule has 3 rings (SSSR count). The molecular weight excluding hydrogens is 399 g/mol. The third kappa shape index (κ3) is 4.35.